The zero-order valence-electron chi connectivity index (χ0n) is 13.9. The molecule has 0 saturated carbocycles. The van der Waals surface area contributed by atoms with Crippen LogP contribution in [0.25, 0.3) is 0 Å². The number of carbonyl (C=O) groups excluding carboxylic acids is 1. The van der Waals surface area contributed by atoms with Crippen LogP contribution in [0.4, 0.5) is 0 Å². The van der Waals surface area contributed by atoms with E-state index < -0.39 is 0 Å². The number of ether oxygens (including phenoxy) is 1. The standard InChI is InChI=1S/C21H21NO2/c1-22-13-21(11-10-14-6-2-3-7-15(14)20(21)23)19-16-8-4-5-9-18(16)24-12-17(19)22/h2-9,17,19H,10-13H2,1H3/t17-,19+,21+/m1/s1. The Kier molecular flexibility index (Phi) is 2.93. The Hall–Kier alpha value is -2.13. The minimum atomic E-state index is -0.312. The third kappa shape index (κ3) is 1.73. The third-order valence-corrected chi connectivity index (χ3v) is 6.30. The highest BCUT2D eigenvalue weighted by Gasteiger charge is 2.59. The van der Waals surface area contributed by atoms with Crippen molar-refractivity contribution in [3.8, 4) is 5.75 Å². The number of Topliss-reactive ketones (excluding diaryl/α,β-unsaturated/α-hetero) is 1. The third-order valence-electron chi connectivity index (χ3n) is 6.30. The van der Waals surface area contributed by atoms with Crippen LogP contribution in [0.1, 0.15) is 33.8 Å². The summed E-state index contributed by atoms with van der Waals surface area (Å²) >= 11 is 0. The summed E-state index contributed by atoms with van der Waals surface area (Å²) in [6.45, 7) is 1.50. The molecule has 2 aromatic rings. The molecule has 0 radical (unpaired) electrons. The van der Waals surface area contributed by atoms with Crippen LogP contribution in [0.15, 0.2) is 48.5 Å². The maximum atomic E-state index is 13.6. The first-order chi connectivity index (χ1) is 11.7. The van der Waals surface area contributed by atoms with Crippen molar-refractivity contribution in [1.29, 1.82) is 0 Å². The number of likely N-dealkylation sites (N-methyl/N-ethyl adjacent to an activating group) is 1. The molecule has 5 rings (SSSR count). The van der Waals surface area contributed by atoms with Crippen LogP contribution in [-0.2, 0) is 6.42 Å². The van der Waals surface area contributed by atoms with Gasteiger partial charge in [-0.05, 0) is 37.1 Å². The highest BCUT2D eigenvalue weighted by Crippen LogP contribution is 2.56. The zero-order chi connectivity index (χ0) is 16.3. The molecule has 122 valence electrons. The van der Waals surface area contributed by atoms with Gasteiger partial charge in [0.05, 0.1) is 11.5 Å². The molecule has 1 spiro atoms. The molecule has 0 N–H and O–H groups in total. The van der Waals surface area contributed by atoms with Gasteiger partial charge in [0.2, 0.25) is 0 Å². The number of likely N-dealkylation sites (tertiary alicyclic amines) is 1. The van der Waals surface area contributed by atoms with Gasteiger partial charge in [0, 0.05) is 18.0 Å². The van der Waals surface area contributed by atoms with Gasteiger partial charge in [0.25, 0.3) is 0 Å². The number of hydrogen-bond donors (Lipinski definition) is 0. The molecule has 3 aliphatic rings. The van der Waals surface area contributed by atoms with Crippen LogP contribution in [0.2, 0.25) is 0 Å². The molecule has 0 bridgehead atoms. The number of benzene rings is 2. The Balaban J connectivity index is 1.68. The summed E-state index contributed by atoms with van der Waals surface area (Å²) in [6.07, 6.45) is 1.92. The summed E-state index contributed by atoms with van der Waals surface area (Å²) in [5, 5.41) is 0. The normalized spacial score (nSPS) is 31.3. The predicted molar refractivity (Wildman–Crippen MR) is 92.6 cm³/mol. The Labute approximate surface area is 142 Å². The molecule has 24 heavy (non-hydrogen) atoms. The molecule has 2 aliphatic heterocycles. The summed E-state index contributed by atoms with van der Waals surface area (Å²) in [5.41, 5.74) is 3.04. The van der Waals surface area contributed by atoms with Crippen LogP contribution in [0.5, 0.6) is 5.75 Å². The zero-order valence-corrected chi connectivity index (χ0v) is 13.9. The molecule has 3 nitrogen and oxygen atoms in total. The lowest BCUT2D eigenvalue weighted by atomic mass is 9.61. The molecule has 0 unspecified atom stereocenters. The van der Waals surface area contributed by atoms with Crippen LogP contribution in [0.3, 0.4) is 0 Å². The monoisotopic (exact) mass is 319 g/mol. The Morgan fingerprint density at radius 1 is 1.12 bits per heavy atom. The van der Waals surface area contributed by atoms with E-state index in [2.05, 4.69) is 30.1 Å². The Morgan fingerprint density at radius 3 is 2.83 bits per heavy atom. The lowest BCUT2D eigenvalue weighted by molar-refractivity contribution is 0.0731. The van der Waals surface area contributed by atoms with Gasteiger partial charge < -0.3 is 4.74 Å². The van der Waals surface area contributed by atoms with Gasteiger partial charge in [0.15, 0.2) is 5.78 Å². The van der Waals surface area contributed by atoms with E-state index in [1.165, 1.54) is 11.1 Å². The van der Waals surface area contributed by atoms with E-state index in [-0.39, 0.29) is 17.4 Å². The smallest absolute Gasteiger partial charge is 0.171 e. The number of rotatable bonds is 0. The van der Waals surface area contributed by atoms with E-state index in [9.17, 15) is 4.79 Å². The number of ketones is 1. The van der Waals surface area contributed by atoms with E-state index in [0.717, 1.165) is 30.7 Å². The topological polar surface area (TPSA) is 29.5 Å². The Morgan fingerprint density at radius 2 is 1.92 bits per heavy atom. The van der Waals surface area contributed by atoms with E-state index in [1.54, 1.807) is 0 Å². The van der Waals surface area contributed by atoms with Crippen LogP contribution >= 0.6 is 0 Å². The lowest BCUT2D eigenvalue weighted by Crippen LogP contribution is -2.44. The van der Waals surface area contributed by atoms with Crippen molar-refractivity contribution >= 4 is 5.78 Å². The number of fused-ring (bicyclic) bond motifs is 5. The first-order valence-corrected chi connectivity index (χ1v) is 8.75. The molecule has 3 atom stereocenters. The fraction of sp³-hybridized carbons (Fsp3) is 0.381. The van der Waals surface area contributed by atoms with Crippen molar-refractivity contribution < 1.29 is 9.53 Å². The van der Waals surface area contributed by atoms with Gasteiger partial charge in [-0.15, -0.1) is 0 Å². The largest absolute Gasteiger partial charge is 0.492 e. The van der Waals surface area contributed by atoms with Crippen molar-refractivity contribution in [2.75, 3.05) is 20.2 Å². The van der Waals surface area contributed by atoms with Crippen molar-refractivity contribution in [3.05, 3.63) is 65.2 Å². The molecular weight excluding hydrogens is 298 g/mol. The quantitative estimate of drug-likeness (QED) is 0.746. The van der Waals surface area contributed by atoms with Gasteiger partial charge in [-0.25, -0.2) is 0 Å². The van der Waals surface area contributed by atoms with Gasteiger partial charge in [-0.1, -0.05) is 42.5 Å². The first-order valence-electron chi connectivity index (χ1n) is 8.75. The lowest BCUT2D eigenvalue weighted by Gasteiger charge is -2.41. The maximum Gasteiger partial charge on any atom is 0.171 e. The van der Waals surface area contributed by atoms with Gasteiger partial charge in [-0.3, -0.25) is 9.69 Å². The minimum absolute atomic E-state index is 0.230. The SMILES string of the molecule is CN1C[C@@]2(CCc3ccccc3C2=O)[C@H]2c3ccccc3OC[C@H]21. The predicted octanol–water partition coefficient (Wildman–Crippen LogP) is 3.29. The second kappa shape index (κ2) is 4.93. The summed E-state index contributed by atoms with van der Waals surface area (Å²) < 4.78 is 5.99. The molecule has 0 aromatic heterocycles. The number of hydrogen-bond acceptors (Lipinski definition) is 3. The molecule has 0 amide bonds. The van der Waals surface area contributed by atoms with Crippen molar-refractivity contribution in [2.24, 2.45) is 5.41 Å². The second-order valence-electron chi connectivity index (χ2n) is 7.45. The van der Waals surface area contributed by atoms with Crippen LogP contribution in [0, 0.1) is 5.41 Å². The van der Waals surface area contributed by atoms with Gasteiger partial charge in [-0.2, -0.15) is 0 Å². The molecule has 1 saturated heterocycles. The molecule has 1 fully saturated rings. The van der Waals surface area contributed by atoms with Crippen LogP contribution in [-0.4, -0.2) is 36.9 Å². The first kappa shape index (κ1) is 14.2. The van der Waals surface area contributed by atoms with E-state index in [1.807, 2.05) is 30.3 Å². The summed E-state index contributed by atoms with van der Waals surface area (Å²) in [4.78, 5) is 15.9. The second-order valence-corrected chi connectivity index (χ2v) is 7.45. The average molecular weight is 319 g/mol. The summed E-state index contributed by atoms with van der Waals surface area (Å²) in [7, 11) is 2.14. The van der Waals surface area contributed by atoms with E-state index in [0.29, 0.717) is 12.4 Å². The van der Waals surface area contributed by atoms with Gasteiger partial charge >= 0.3 is 0 Å². The highest BCUT2D eigenvalue weighted by molar-refractivity contribution is 6.04. The van der Waals surface area contributed by atoms with E-state index in [4.69, 9.17) is 4.74 Å². The highest BCUT2D eigenvalue weighted by atomic mass is 16.5. The van der Waals surface area contributed by atoms with Crippen LogP contribution < -0.4 is 4.74 Å². The molecule has 2 heterocycles. The number of para-hydroxylation sites is 1. The fourth-order valence-corrected chi connectivity index (χ4v) is 5.20. The minimum Gasteiger partial charge on any atom is -0.492 e. The summed E-state index contributed by atoms with van der Waals surface area (Å²) in [5.74, 6) is 1.52. The molecule has 3 heteroatoms. The molecular formula is C21H21NO2. The molecule has 1 aliphatic carbocycles. The van der Waals surface area contributed by atoms with Crippen molar-refractivity contribution in [1.82, 2.24) is 4.90 Å². The van der Waals surface area contributed by atoms with Gasteiger partial charge in [0.1, 0.15) is 12.4 Å². The maximum absolute atomic E-state index is 13.6. The van der Waals surface area contributed by atoms with Crippen molar-refractivity contribution in [3.63, 3.8) is 0 Å². The number of carbonyl (C=O) groups is 1. The molecule has 2 aromatic carbocycles. The number of aryl methyl sites for hydroxylation is 1. The van der Waals surface area contributed by atoms with E-state index >= 15 is 0 Å². The number of nitrogens with zero attached hydrogens (tertiary/aromatic N) is 1. The fourth-order valence-electron chi connectivity index (χ4n) is 5.20. The van der Waals surface area contributed by atoms with Crippen molar-refractivity contribution in [2.45, 2.75) is 24.8 Å². The Bertz CT molecular complexity index is 830. The summed E-state index contributed by atoms with van der Waals surface area (Å²) in [6, 6.07) is 16.7. The average Bonchev–Trinajstić information content (AvgIpc) is 2.92.